The molecule has 13 heteroatoms. The number of hydrogen-bond donors (Lipinski definition) is 3. The van der Waals surface area contributed by atoms with Crippen molar-refractivity contribution in [1.82, 2.24) is 29.5 Å². The van der Waals surface area contributed by atoms with Gasteiger partial charge in [-0.15, -0.1) is 0 Å². The molecule has 10 nitrogen and oxygen atoms in total. The van der Waals surface area contributed by atoms with Gasteiger partial charge in [-0.25, -0.2) is 15.0 Å². The fraction of sp³-hybridized carbons (Fsp3) is 0.154. The van der Waals surface area contributed by atoms with E-state index in [1.54, 1.807) is 32.2 Å². The number of hydrogen-bond acceptors (Lipinski definition) is 7. The number of halogens is 3. The van der Waals surface area contributed by atoms with Crippen LogP contribution >= 0.6 is 0 Å². The average molecular weight is 535 g/mol. The van der Waals surface area contributed by atoms with E-state index in [1.807, 2.05) is 0 Å². The van der Waals surface area contributed by atoms with E-state index in [0.29, 0.717) is 22.3 Å². The maximum atomic E-state index is 13.6. The molecule has 198 valence electrons. The van der Waals surface area contributed by atoms with Gasteiger partial charge in [0, 0.05) is 35.6 Å². The van der Waals surface area contributed by atoms with Crippen molar-refractivity contribution in [1.29, 1.82) is 0 Å². The Morgan fingerprint density at radius 1 is 1.08 bits per heavy atom. The summed E-state index contributed by atoms with van der Waals surface area (Å²) in [5.74, 6) is -0.578. The first-order valence-corrected chi connectivity index (χ1v) is 11.6. The Hall–Kier alpha value is -5.07. The summed E-state index contributed by atoms with van der Waals surface area (Å²) in [5.41, 5.74) is 6.70. The number of carbonyl (C=O) groups is 1. The molecule has 0 saturated carbocycles. The van der Waals surface area contributed by atoms with E-state index in [-0.39, 0.29) is 39.9 Å². The van der Waals surface area contributed by atoms with Gasteiger partial charge in [0.1, 0.15) is 17.0 Å². The molecule has 5 rings (SSSR count). The molecule has 3 aromatic heterocycles. The van der Waals surface area contributed by atoms with Crippen LogP contribution in [0.1, 0.15) is 27.2 Å². The van der Waals surface area contributed by atoms with Gasteiger partial charge in [-0.05, 0) is 49.7 Å². The quantitative estimate of drug-likeness (QED) is 0.313. The first-order valence-electron chi connectivity index (χ1n) is 11.6. The van der Waals surface area contributed by atoms with Gasteiger partial charge in [0.15, 0.2) is 5.65 Å². The van der Waals surface area contributed by atoms with Crippen LogP contribution in [0.25, 0.3) is 33.8 Å². The van der Waals surface area contributed by atoms with E-state index < -0.39 is 23.2 Å². The second kappa shape index (κ2) is 9.35. The van der Waals surface area contributed by atoms with Crippen LogP contribution in [0.5, 0.6) is 0 Å². The zero-order valence-corrected chi connectivity index (χ0v) is 20.9. The first kappa shape index (κ1) is 25.6. The SMILES string of the molecule is Cc1c[nH]c(-c2cc(C(=O)Nc3ccc(C)c(-c4nc5cnc(N)nc5n(C)c4=O)c3)cc(C(F)(F)F)c2)n1. The lowest BCUT2D eigenvalue weighted by atomic mass is 10.0. The Balaban J connectivity index is 1.54. The molecular formula is C26H21F3N8O2. The van der Waals surface area contributed by atoms with Crippen molar-refractivity contribution in [2.24, 2.45) is 7.05 Å². The number of fused-ring (bicyclic) bond motifs is 1. The number of aryl methyl sites for hydroxylation is 3. The Morgan fingerprint density at radius 3 is 2.54 bits per heavy atom. The third kappa shape index (κ3) is 4.93. The van der Waals surface area contributed by atoms with Crippen molar-refractivity contribution < 1.29 is 18.0 Å². The third-order valence-electron chi connectivity index (χ3n) is 6.08. The van der Waals surface area contributed by atoms with Gasteiger partial charge in [0.05, 0.1) is 17.5 Å². The lowest BCUT2D eigenvalue weighted by molar-refractivity contribution is -0.137. The highest BCUT2D eigenvalue weighted by Gasteiger charge is 2.32. The number of carbonyl (C=O) groups excluding carboxylic acids is 1. The highest BCUT2D eigenvalue weighted by Crippen LogP contribution is 2.33. The van der Waals surface area contributed by atoms with Gasteiger partial charge in [-0.3, -0.25) is 14.2 Å². The second-order valence-corrected chi connectivity index (χ2v) is 8.93. The van der Waals surface area contributed by atoms with Crippen LogP contribution in [0.4, 0.5) is 24.8 Å². The van der Waals surface area contributed by atoms with E-state index in [1.165, 1.54) is 29.9 Å². The first-order chi connectivity index (χ1) is 18.4. The maximum Gasteiger partial charge on any atom is 0.416 e. The molecule has 3 heterocycles. The summed E-state index contributed by atoms with van der Waals surface area (Å²) in [5, 5.41) is 2.62. The van der Waals surface area contributed by atoms with Crippen LogP contribution in [0.3, 0.4) is 0 Å². The molecule has 0 aliphatic rings. The third-order valence-corrected chi connectivity index (χ3v) is 6.08. The highest BCUT2D eigenvalue weighted by molar-refractivity contribution is 6.05. The van der Waals surface area contributed by atoms with Gasteiger partial charge in [-0.1, -0.05) is 6.07 Å². The van der Waals surface area contributed by atoms with Gasteiger partial charge in [-0.2, -0.15) is 18.2 Å². The standard InChI is InChI=1S/C26H21F3N8O2/c1-12-4-5-17(9-18(12)20-24(39)37(3)22-19(35-20)11-32-25(30)36-22)34-23(38)15-6-14(21-31-10-13(2)33-21)7-16(8-15)26(27,28)29/h4-11H,1-3H3,(H,31,33)(H,34,38)(H2,30,32,36). The van der Waals surface area contributed by atoms with Crippen molar-refractivity contribution >= 4 is 28.7 Å². The summed E-state index contributed by atoms with van der Waals surface area (Å²) >= 11 is 0. The number of alkyl halides is 3. The van der Waals surface area contributed by atoms with Crippen molar-refractivity contribution in [3.63, 3.8) is 0 Å². The van der Waals surface area contributed by atoms with Gasteiger partial charge in [0.25, 0.3) is 11.5 Å². The lowest BCUT2D eigenvalue weighted by Gasteiger charge is -2.13. The predicted molar refractivity (Wildman–Crippen MR) is 139 cm³/mol. The van der Waals surface area contributed by atoms with Crippen LogP contribution in [-0.4, -0.2) is 35.4 Å². The molecule has 5 aromatic rings. The largest absolute Gasteiger partial charge is 0.416 e. The highest BCUT2D eigenvalue weighted by atomic mass is 19.4. The molecule has 0 aliphatic carbocycles. The topological polar surface area (TPSA) is 144 Å². The number of H-pyrrole nitrogens is 1. The van der Waals surface area contributed by atoms with Gasteiger partial charge in [0.2, 0.25) is 5.95 Å². The number of rotatable bonds is 4. The average Bonchev–Trinajstić information content (AvgIpc) is 3.33. The minimum Gasteiger partial charge on any atom is -0.368 e. The number of amides is 1. The van der Waals surface area contributed by atoms with Crippen LogP contribution in [0.2, 0.25) is 0 Å². The number of nitrogen functional groups attached to an aromatic ring is 1. The van der Waals surface area contributed by atoms with Crippen molar-refractivity contribution in [2.75, 3.05) is 11.1 Å². The molecular weight excluding hydrogens is 513 g/mol. The molecule has 0 spiro atoms. The summed E-state index contributed by atoms with van der Waals surface area (Å²) in [4.78, 5) is 45.6. The number of aromatic nitrogens is 6. The van der Waals surface area contributed by atoms with Crippen LogP contribution in [0, 0.1) is 13.8 Å². The van der Waals surface area contributed by atoms with E-state index in [2.05, 4.69) is 30.2 Å². The van der Waals surface area contributed by atoms with Crippen molar-refractivity contribution in [3.8, 4) is 22.6 Å². The number of nitrogens with one attached hydrogen (secondary N) is 2. The molecule has 39 heavy (non-hydrogen) atoms. The van der Waals surface area contributed by atoms with E-state index in [9.17, 15) is 22.8 Å². The number of anilines is 2. The van der Waals surface area contributed by atoms with Crippen LogP contribution in [0.15, 0.2) is 53.6 Å². The molecule has 0 saturated heterocycles. The van der Waals surface area contributed by atoms with Crippen molar-refractivity contribution in [2.45, 2.75) is 20.0 Å². The van der Waals surface area contributed by atoms with Crippen molar-refractivity contribution in [3.05, 3.63) is 81.5 Å². The molecule has 0 bridgehead atoms. The maximum absolute atomic E-state index is 13.6. The summed E-state index contributed by atoms with van der Waals surface area (Å²) in [6, 6.07) is 7.80. The normalized spacial score (nSPS) is 11.6. The molecule has 0 radical (unpaired) electrons. The molecule has 0 unspecified atom stereocenters. The van der Waals surface area contributed by atoms with Crippen LogP contribution < -0.4 is 16.6 Å². The zero-order chi connectivity index (χ0) is 28.1. The monoisotopic (exact) mass is 534 g/mol. The fourth-order valence-electron chi connectivity index (χ4n) is 4.08. The minimum absolute atomic E-state index is 0.00660. The van der Waals surface area contributed by atoms with E-state index in [0.717, 1.165) is 12.1 Å². The number of benzene rings is 2. The molecule has 0 fully saturated rings. The molecule has 0 atom stereocenters. The summed E-state index contributed by atoms with van der Waals surface area (Å²) < 4.78 is 42.2. The van der Waals surface area contributed by atoms with Gasteiger partial charge < -0.3 is 16.0 Å². The number of aromatic amines is 1. The number of nitrogens with two attached hydrogens (primary N) is 1. The van der Waals surface area contributed by atoms with Crippen LogP contribution in [-0.2, 0) is 13.2 Å². The fourth-order valence-corrected chi connectivity index (χ4v) is 4.08. The summed E-state index contributed by atoms with van der Waals surface area (Å²) in [6.07, 6.45) is -1.73. The Morgan fingerprint density at radius 2 is 1.85 bits per heavy atom. The summed E-state index contributed by atoms with van der Waals surface area (Å²) in [6.45, 7) is 3.45. The second-order valence-electron chi connectivity index (χ2n) is 8.93. The molecule has 2 aromatic carbocycles. The Labute approximate surface area is 218 Å². The van der Waals surface area contributed by atoms with E-state index >= 15 is 0 Å². The molecule has 0 aliphatic heterocycles. The molecule has 1 amide bonds. The van der Waals surface area contributed by atoms with Gasteiger partial charge >= 0.3 is 6.18 Å². The minimum atomic E-state index is -4.68. The number of nitrogens with zero attached hydrogens (tertiary/aromatic N) is 5. The number of imidazole rings is 1. The summed E-state index contributed by atoms with van der Waals surface area (Å²) in [7, 11) is 1.52. The Bertz CT molecular complexity index is 1830. The predicted octanol–water partition coefficient (Wildman–Crippen LogP) is 4.25. The smallest absolute Gasteiger partial charge is 0.368 e. The zero-order valence-electron chi connectivity index (χ0n) is 20.9. The molecule has 4 N–H and O–H groups in total. The lowest BCUT2D eigenvalue weighted by Crippen LogP contribution is -2.22. The Kier molecular flexibility index (Phi) is 6.13. The van der Waals surface area contributed by atoms with E-state index in [4.69, 9.17) is 5.73 Å².